The minimum absolute atomic E-state index is 0.0405. The van der Waals surface area contributed by atoms with E-state index in [9.17, 15) is 14.4 Å². The van der Waals surface area contributed by atoms with Gasteiger partial charge in [-0.1, -0.05) is 0 Å². The number of H-pyrrole nitrogens is 1. The third-order valence-corrected chi connectivity index (χ3v) is 2.22. The van der Waals surface area contributed by atoms with Crippen molar-refractivity contribution < 1.29 is 9.59 Å². The van der Waals surface area contributed by atoms with Crippen LogP contribution in [0.5, 0.6) is 0 Å². The van der Waals surface area contributed by atoms with Crippen LogP contribution in [0.4, 0.5) is 0 Å². The van der Waals surface area contributed by atoms with Crippen molar-refractivity contribution in [3.05, 3.63) is 34.2 Å². The maximum Gasteiger partial charge on any atom is 0.256 e. The van der Waals surface area contributed by atoms with E-state index in [-0.39, 0.29) is 35.4 Å². The van der Waals surface area contributed by atoms with Gasteiger partial charge in [0, 0.05) is 37.0 Å². The molecule has 0 atom stereocenters. The lowest BCUT2D eigenvalue weighted by molar-refractivity contribution is -0.122. The van der Waals surface area contributed by atoms with Crippen LogP contribution in [0.25, 0.3) is 0 Å². The van der Waals surface area contributed by atoms with Gasteiger partial charge in [0.05, 0.1) is 0 Å². The Kier molecular flexibility index (Phi) is 4.86. The number of aromatic amines is 1. The molecule has 3 N–H and O–H groups in total. The van der Waals surface area contributed by atoms with Gasteiger partial charge in [-0.05, 0) is 20.8 Å². The van der Waals surface area contributed by atoms with Crippen LogP contribution in [-0.2, 0) is 4.79 Å². The van der Waals surface area contributed by atoms with Gasteiger partial charge >= 0.3 is 0 Å². The highest BCUT2D eigenvalue weighted by Crippen LogP contribution is 1.98. The molecule has 0 aliphatic carbocycles. The van der Waals surface area contributed by atoms with Gasteiger partial charge in [-0.2, -0.15) is 0 Å². The van der Waals surface area contributed by atoms with Gasteiger partial charge < -0.3 is 15.6 Å². The van der Waals surface area contributed by atoms with Crippen LogP contribution in [0.1, 0.15) is 37.6 Å². The molecule has 0 saturated heterocycles. The lowest BCUT2D eigenvalue weighted by Crippen LogP contribution is -2.42. The van der Waals surface area contributed by atoms with Crippen molar-refractivity contribution in [2.24, 2.45) is 0 Å². The fourth-order valence-corrected chi connectivity index (χ4v) is 1.46. The zero-order valence-electron chi connectivity index (χ0n) is 11.4. The van der Waals surface area contributed by atoms with Gasteiger partial charge in [-0.3, -0.25) is 14.4 Å². The van der Waals surface area contributed by atoms with E-state index in [1.807, 2.05) is 20.8 Å². The van der Waals surface area contributed by atoms with Crippen LogP contribution in [0.15, 0.2) is 23.3 Å². The molecule has 2 amide bonds. The monoisotopic (exact) mass is 265 g/mol. The number of carbonyl (C=O) groups is 2. The predicted octanol–water partition coefficient (Wildman–Crippen LogP) is 0.409. The van der Waals surface area contributed by atoms with Crippen molar-refractivity contribution in [2.45, 2.75) is 32.7 Å². The molecule has 1 heterocycles. The maximum absolute atomic E-state index is 11.7. The first-order valence-corrected chi connectivity index (χ1v) is 6.06. The van der Waals surface area contributed by atoms with Crippen LogP contribution in [0.2, 0.25) is 0 Å². The Morgan fingerprint density at radius 1 is 1.32 bits per heavy atom. The molecule has 0 aliphatic rings. The molecule has 0 saturated carbocycles. The van der Waals surface area contributed by atoms with Crippen molar-refractivity contribution in [3.63, 3.8) is 0 Å². The first-order chi connectivity index (χ1) is 8.79. The standard InChI is InChI=1S/C13H19N3O3/c1-13(2,3)16-11(18)5-7-15-12(19)9-8-14-6-4-10(9)17/h4,6,8H,5,7H2,1-3H3,(H,14,17)(H,15,19)(H,16,18). The van der Waals surface area contributed by atoms with E-state index in [4.69, 9.17) is 0 Å². The summed E-state index contributed by atoms with van der Waals surface area (Å²) in [5, 5.41) is 5.32. The largest absolute Gasteiger partial charge is 0.367 e. The van der Waals surface area contributed by atoms with Crippen LogP contribution in [0, 0.1) is 0 Å². The number of amides is 2. The van der Waals surface area contributed by atoms with Crippen molar-refractivity contribution >= 4 is 11.8 Å². The smallest absolute Gasteiger partial charge is 0.256 e. The number of carbonyl (C=O) groups excluding carboxylic acids is 2. The van der Waals surface area contributed by atoms with E-state index in [2.05, 4.69) is 15.6 Å². The first kappa shape index (κ1) is 14.9. The number of hydrogen-bond donors (Lipinski definition) is 3. The van der Waals surface area contributed by atoms with Gasteiger partial charge in [0.25, 0.3) is 5.91 Å². The summed E-state index contributed by atoms with van der Waals surface area (Å²) in [6.45, 7) is 5.84. The summed E-state index contributed by atoms with van der Waals surface area (Å²) in [6, 6.07) is 1.28. The molecule has 0 bridgehead atoms. The lowest BCUT2D eigenvalue weighted by atomic mass is 10.1. The maximum atomic E-state index is 11.7. The highest BCUT2D eigenvalue weighted by Gasteiger charge is 2.14. The average molecular weight is 265 g/mol. The van der Waals surface area contributed by atoms with Crippen molar-refractivity contribution in [1.82, 2.24) is 15.6 Å². The van der Waals surface area contributed by atoms with E-state index in [1.54, 1.807) is 0 Å². The summed E-state index contributed by atoms with van der Waals surface area (Å²) in [5.74, 6) is -0.625. The number of nitrogens with one attached hydrogen (secondary N) is 3. The zero-order valence-corrected chi connectivity index (χ0v) is 11.4. The Bertz CT molecular complexity index is 514. The highest BCUT2D eigenvalue weighted by molar-refractivity contribution is 5.93. The Labute approximate surface area is 111 Å². The molecular formula is C13H19N3O3. The summed E-state index contributed by atoms with van der Waals surface area (Å²) in [5.41, 5.74) is -0.605. The average Bonchev–Trinajstić information content (AvgIpc) is 2.26. The molecule has 0 radical (unpaired) electrons. The SMILES string of the molecule is CC(C)(C)NC(=O)CCNC(=O)c1c[nH]ccc1=O. The van der Waals surface area contributed by atoms with Crippen LogP contribution in [0.3, 0.4) is 0 Å². The second-order valence-corrected chi connectivity index (χ2v) is 5.23. The van der Waals surface area contributed by atoms with Gasteiger partial charge in [0.2, 0.25) is 5.91 Å². The number of hydrogen-bond acceptors (Lipinski definition) is 3. The first-order valence-electron chi connectivity index (χ1n) is 6.06. The summed E-state index contributed by atoms with van der Waals surface area (Å²) >= 11 is 0. The molecule has 6 heteroatoms. The van der Waals surface area contributed by atoms with Gasteiger partial charge in [-0.25, -0.2) is 0 Å². The molecule has 0 aliphatic heterocycles. The fourth-order valence-electron chi connectivity index (χ4n) is 1.46. The van der Waals surface area contributed by atoms with E-state index < -0.39 is 5.91 Å². The third-order valence-electron chi connectivity index (χ3n) is 2.22. The molecule has 1 aromatic rings. The van der Waals surface area contributed by atoms with Crippen LogP contribution >= 0.6 is 0 Å². The van der Waals surface area contributed by atoms with E-state index >= 15 is 0 Å². The van der Waals surface area contributed by atoms with E-state index in [0.717, 1.165) is 0 Å². The normalized spacial score (nSPS) is 10.9. The minimum atomic E-state index is -0.481. The molecule has 0 aromatic carbocycles. The van der Waals surface area contributed by atoms with Gasteiger partial charge in [-0.15, -0.1) is 0 Å². The topological polar surface area (TPSA) is 91.1 Å². The number of rotatable bonds is 4. The molecule has 1 aromatic heterocycles. The molecule has 1 rings (SSSR count). The Morgan fingerprint density at radius 3 is 2.58 bits per heavy atom. The number of pyridine rings is 1. The summed E-state index contributed by atoms with van der Waals surface area (Å²) in [6.07, 6.45) is 2.97. The highest BCUT2D eigenvalue weighted by atomic mass is 16.2. The third kappa shape index (κ3) is 5.37. The quantitative estimate of drug-likeness (QED) is 0.736. The zero-order chi connectivity index (χ0) is 14.5. The second-order valence-electron chi connectivity index (χ2n) is 5.23. The number of aromatic nitrogens is 1. The fraction of sp³-hybridized carbons (Fsp3) is 0.462. The summed E-state index contributed by atoms with van der Waals surface area (Å²) < 4.78 is 0. The van der Waals surface area contributed by atoms with Crippen molar-refractivity contribution in [2.75, 3.05) is 6.54 Å². The summed E-state index contributed by atoms with van der Waals surface area (Å²) in [4.78, 5) is 37.2. The van der Waals surface area contributed by atoms with Crippen molar-refractivity contribution in [1.29, 1.82) is 0 Å². The minimum Gasteiger partial charge on any atom is -0.367 e. The van der Waals surface area contributed by atoms with Crippen molar-refractivity contribution in [3.8, 4) is 0 Å². The molecule has 6 nitrogen and oxygen atoms in total. The molecular weight excluding hydrogens is 246 g/mol. The van der Waals surface area contributed by atoms with Crippen LogP contribution < -0.4 is 16.1 Å². The molecule has 0 fully saturated rings. The Hall–Kier alpha value is -2.11. The van der Waals surface area contributed by atoms with Gasteiger partial charge in [0.15, 0.2) is 5.43 Å². The predicted molar refractivity (Wildman–Crippen MR) is 71.9 cm³/mol. The lowest BCUT2D eigenvalue weighted by Gasteiger charge is -2.20. The van der Waals surface area contributed by atoms with E-state index in [0.29, 0.717) is 0 Å². The Balaban J connectivity index is 2.42. The second kappa shape index (κ2) is 6.17. The molecule has 19 heavy (non-hydrogen) atoms. The summed E-state index contributed by atoms with van der Waals surface area (Å²) in [7, 11) is 0. The Morgan fingerprint density at radius 2 is 2.00 bits per heavy atom. The van der Waals surface area contributed by atoms with Crippen LogP contribution in [-0.4, -0.2) is 28.9 Å². The molecule has 104 valence electrons. The van der Waals surface area contributed by atoms with Gasteiger partial charge in [0.1, 0.15) is 5.56 Å². The molecule has 0 unspecified atom stereocenters. The van der Waals surface area contributed by atoms with E-state index in [1.165, 1.54) is 18.5 Å². The molecule has 0 spiro atoms.